The minimum absolute atomic E-state index is 0.237. The largest absolute Gasteiger partial charge is 0.468 e. The van der Waals surface area contributed by atoms with Crippen molar-refractivity contribution < 1.29 is 13.9 Å². The number of rotatable bonds is 5. The maximum absolute atomic E-state index is 12.9. The molecule has 0 aliphatic rings. The van der Waals surface area contributed by atoms with E-state index in [1.165, 1.54) is 19.2 Å². The first-order chi connectivity index (χ1) is 8.04. The summed E-state index contributed by atoms with van der Waals surface area (Å²) < 4.78 is 17.4. The third-order valence-electron chi connectivity index (χ3n) is 2.40. The van der Waals surface area contributed by atoms with E-state index in [2.05, 4.69) is 26.0 Å². The van der Waals surface area contributed by atoms with E-state index in [4.69, 9.17) is 0 Å². The summed E-state index contributed by atoms with van der Waals surface area (Å²) in [5, 5.41) is 3.11. The minimum atomic E-state index is -0.367. The molecule has 0 fully saturated rings. The highest BCUT2D eigenvalue weighted by molar-refractivity contribution is 9.10. The molecule has 1 aromatic rings. The Labute approximate surface area is 108 Å². The summed E-state index contributed by atoms with van der Waals surface area (Å²) in [6.07, 6.45) is 0. The van der Waals surface area contributed by atoms with Gasteiger partial charge < -0.3 is 10.1 Å². The van der Waals surface area contributed by atoms with Crippen LogP contribution in [0.4, 0.5) is 4.39 Å². The third-order valence-corrected chi connectivity index (χ3v) is 3.10. The van der Waals surface area contributed by atoms with Gasteiger partial charge in [-0.2, -0.15) is 0 Å². The van der Waals surface area contributed by atoms with Gasteiger partial charge >= 0.3 is 5.97 Å². The van der Waals surface area contributed by atoms with Crippen molar-refractivity contribution in [3.05, 3.63) is 35.1 Å². The van der Waals surface area contributed by atoms with Crippen LogP contribution in [0.15, 0.2) is 18.2 Å². The molecule has 0 amide bonds. The van der Waals surface area contributed by atoms with Crippen molar-refractivity contribution in [3.8, 4) is 0 Å². The van der Waals surface area contributed by atoms with Crippen LogP contribution in [0.5, 0.6) is 0 Å². The lowest BCUT2D eigenvalue weighted by Crippen LogP contribution is -2.29. The summed E-state index contributed by atoms with van der Waals surface area (Å²) >= 11 is 3.21. The summed E-state index contributed by atoms with van der Waals surface area (Å²) in [7, 11) is 1.35. The first-order valence-corrected chi connectivity index (χ1v) is 6.13. The van der Waals surface area contributed by atoms with Crippen LogP contribution in [0.1, 0.15) is 11.1 Å². The number of nitrogens with one attached hydrogen (secondary N) is 1. The number of hydrogen-bond donors (Lipinski definition) is 1. The number of carbonyl (C=O) groups is 1. The van der Waals surface area contributed by atoms with Crippen LogP contribution in [-0.2, 0) is 16.1 Å². The van der Waals surface area contributed by atoms with Crippen LogP contribution in [0.2, 0.25) is 0 Å². The normalized spacial score (nSPS) is 12.2. The number of ether oxygens (including phenoxy) is 1. The van der Waals surface area contributed by atoms with E-state index in [-0.39, 0.29) is 16.6 Å². The molecule has 1 rings (SSSR count). The zero-order valence-corrected chi connectivity index (χ0v) is 11.4. The van der Waals surface area contributed by atoms with Crippen LogP contribution in [0.3, 0.4) is 0 Å². The Morgan fingerprint density at radius 2 is 2.29 bits per heavy atom. The summed E-state index contributed by atoms with van der Waals surface area (Å²) in [5.74, 6) is -0.549. The number of alkyl halides is 1. The minimum Gasteiger partial charge on any atom is -0.468 e. The second-order valence-corrected chi connectivity index (χ2v) is 4.80. The molecule has 1 atom stereocenters. The van der Waals surface area contributed by atoms with Crippen LogP contribution < -0.4 is 5.32 Å². The lowest BCUT2D eigenvalue weighted by atomic mass is 10.1. The van der Waals surface area contributed by atoms with Gasteiger partial charge in [-0.25, -0.2) is 4.39 Å². The zero-order valence-electron chi connectivity index (χ0n) is 9.80. The Morgan fingerprint density at radius 3 is 2.88 bits per heavy atom. The molecular weight excluding hydrogens is 289 g/mol. The Bertz CT molecular complexity index is 398. The van der Waals surface area contributed by atoms with Crippen molar-refractivity contribution in [3.63, 3.8) is 0 Å². The predicted octanol–water partition coefficient (Wildman–Crippen LogP) is 2.16. The first kappa shape index (κ1) is 14.1. The monoisotopic (exact) mass is 303 g/mol. The maximum atomic E-state index is 12.9. The molecule has 3 nitrogen and oxygen atoms in total. The van der Waals surface area contributed by atoms with Gasteiger partial charge in [0.1, 0.15) is 10.6 Å². The van der Waals surface area contributed by atoms with Gasteiger partial charge in [0, 0.05) is 13.1 Å². The number of aryl methyl sites for hydroxylation is 1. The maximum Gasteiger partial charge on any atom is 0.320 e. The Kier molecular flexibility index (Phi) is 5.58. The molecule has 0 aliphatic heterocycles. The van der Waals surface area contributed by atoms with Crippen LogP contribution >= 0.6 is 15.9 Å². The van der Waals surface area contributed by atoms with Crippen LogP contribution in [-0.4, -0.2) is 24.5 Å². The zero-order chi connectivity index (χ0) is 12.8. The van der Waals surface area contributed by atoms with Crippen molar-refractivity contribution >= 4 is 21.9 Å². The summed E-state index contributed by atoms with van der Waals surface area (Å²) in [6.45, 7) is 2.90. The van der Waals surface area contributed by atoms with Gasteiger partial charge in [-0.05, 0) is 30.2 Å². The summed E-state index contributed by atoms with van der Waals surface area (Å²) in [5.41, 5.74) is 1.90. The Morgan fingerprint density at radius 1 is 1.59 bits per heavy atom. The van der Waals surface area contributed by atoms with Gasteiger partial charge in [0.25, 0.3) is 0 Å². The Hall–Kier alpha value is -0.940. The molecule has 1 N–H and O–H groups in total. The smallest absolute Gasteiger partial charge is 0.320 e. The average Bonchev–Trinajstić information content (AvgIpc) is 2.30. The van der Waals surface area contributed by atoms with Gasteiger partial charge in [0.2, 0.25) is 0 Å². The molecule has 1 unspecified atom stereocenters. The fraction of sp³-hybridized carbons (Fsp3) is 0.417. The lowest BCUT2D eigenvalue weighted by Gasteiger charge is -2.10. The molecule has 94 valence electrons. The molecule has 0 aromatic heterocycles. The van der Waals surface area contributed by atoms with Crippen molar-refractivity contribution in [2.75, 3.05) is 13.7 Å². The summed E-state index contributed by atoms with van der Waals surface area (Å²) in [4.78, 5) is 10.7. The SMILES string of the molecule is COC(=O)C(Br)CNCc1ccc(F)cc1C. The molecule has 17 heavy (non-hydrogen) atoms. The quantitative estimate of drug-likeness (QED) is 0.669. The number of halogens is 2. The molecule has 5 heteroatoms. The number of benzene rings is 1. The number of hydrogen-bond acceptors (Lipinski definition) is 3. The fourth-order valence-corrected chi connectivity index (χ4v) is 1.82. The Balaban J connectivity index is 2.43. The molecule has 0 bridgehead atoms. The van der Waals surface area contributed by atoms with E-state index in [1.54, 1.807) is 6.07 Å². The van der Waals surface area contributed by atoms with Crippen molar-refractivity contribution in [1.82, 2.24) is 5.32 Å². The molecule has 0 saturated heterocycles. The molecule has 0 saturated carbocycles. The van der Waals surface area contributed by atoms with Crippen molar-refractivity contribution in [1.29, 1.82) is 0 Å². The highest BCUT2D eigenvalue weighted by atomic mass is 79.9. The van der Waals surface area contributed by atoms with E-state index in [0.29, 0.717) is 13.1 Å². The van der Waals surface area contributed by atoms with E-state index in [1.807, 2.05) is 6.92 Å². The standard InChI is InChI=1S/C12H15BrFNO2/c1-8-5-10(14)4-3-9(8)6-15-7-11(13)12(16)17-2/h3-5,11,15H,6-7H2,1-2H3. The number of esters is 1. The van der Waals surface area contributed by atoms with E-state index in [0.717, 1.165) is 11.1 Å². The van der Waals surface area contributed by atoms with Gasteiger partial charge in [0.15, 0.2) is 0 Å². The van der Waals surface area contributed by atoms with Crippen molar-refractivity contribution in [2.45, 2.75) is 18.3 Å². The highest BCUT2D eigenvalue weighted by Gasteiger charge is 2.14. The van der Waals surface area contributed by atoms with Gasteiger partial charge in [-0.3, -0.25) is 4.79 Å². The second kappa shape index (κ2) is 6.71. The number of methoxy groups -OCH3 is 1. The van der Waals surface area contributed by atoms with Gasteiger partial charge in [0.05, 0.1) is 7.11 Å². The first-order valence-electron chi connectivity index (χ1n) is 5.22. The van der Waals surface area contributed by atoms with Crippen LogP contribution in [0, 0.1) is 12.7 Å². The molecular formula is C12H15BrFNO2. The van der Waals surface area contributed by atoms with Crippen LogP contribution in [0.25, 0.3) is 0 Å². The third kappa shape index (κ3) is 4.44. The predicted molar refractivity (Wildman–Crippen MR) is 67.6 cm³/mol. The molecule has 1 aromatic carbocycles. The highest BCUT2D eigenvalue weighted by Crippen LogP contribution is 2.10. The second-order valence-electron chi connectivity index (χ2n) is 3.69. The fourth-order valence-electron chi connectivity index (χ4n) is 1.40. The van der Waals surface area contributed by atoms with E-state index in [9.17, 15) is 9.18 Å². The lowest BCUT2D eigenvalue weighted by molar-refractivity contribution is -0.139. The molecule has 0 heterocycles. The molecule has 0 aliphatic carbocycles. The van der Waals surface area contributed by atoms with E-state index >= 15 is 0 Å². The molecule has 0 radical (unpaired) electrons. The molecule has 0 spiro atoms. The summed E-state index contributed by atoms with van der Waals surface area (Å²) in [6, 6.07) is 4.65. The van der Waals surface area contributed by atoms with Gasteiger partial charge in [-0.15, -0.1) is 0 Å². The van der Waals surface area contributed by atoms with Crippen molar-refractivity contribution in [2.24, 2.45) is 0 Å². The van der Waals surface area contributed by atoms with Gasteiger partial charge in [-0.1, -0.05) is 22.0 Å². The average molecular weight is 304 g/mol. The van der Waals surface area contributed by atoms with E-state index < -0.39 is 0 Å². The topological polar surface area (TPSA) is 38.3 Å². The number of carbonyl (C=O) groups excluding carboxylic acids is 1.